The maximum Gasteiger partial charge on any atom is 0.279 e. The monoisotopic (exact) mass is 376 g/mol. The van der Waals surface area contributed by atoms with Crippen LogP contribution < -0.4 is 15.6 Å². The summed E-state index contributed by atoms with van der Waals surface area (Å²) in [5.74, 6) is -1.46. The average molecular weight is 377 g/mol. The van der Waals surface area contributed by atoms with Crippen LogP contribution >= 0.6 is 11.6 Å². The second kappa shape index (κ2) is 7.33. The molecule has 3 rings (SSSR count). The first kappa shape index (κ1) is 18.2. The molecule has 26 heavy (non-hydrogen) atoms. The molecule has 1 saturated carbocycles. The number of nitrogens with one attached hydrogen (secondary N) is 2. The quantitative estimate of drug-likeness (QED) is 0.788. The lowest BCUT2D eigenvalue weighted by Crippen LogP contribution is -2.50. The predicted molar refractivity (Wildman–Crippen MR) is 95.1 cm³/mol. The van der Waals surface area contributed by atoms with Gasteiger partial charge in [0, 0.05) is 5.02 Å². The summed E-state index contributed by atoms with van der Waals surface area (Å²) in [5, 5.41) is 0.595. The Kier molecular flexibility index (Phi) is 5.13. The molecule has 2 aromatic carbocycles. The number of ether oxygens (including phenoxy) is 1. The summed E-state index contributed by atoms with van der Waals surface area (Å²) in [6, 6.07) is 12.9. The number of benzene rings is 2. The Labute approximate surface area is 155 Å². The Balaban J connectivity index is 1.56. The largest absolute Gasteiger partial charge is 0.478 e. The van der Waals surface area contributed by atoms with Gasteiger partial charge in [-0.15, -0.1) is 0 Å². The number of hydrogen-bond donors (Lipinski definition) is 2. The van der Waals surface area contributed by atoms with Crippen LogP contribution in [0.5, 0.6) is 5.75 Å². The van der Waals surface area contributed by atoms with E-state index in [0.29, 0.717) is 17.9 Å². The lowest BCUT2D eigenvalue weighted by Gasteiger charge is -2.19. The molecule has 0 saturated heterocycles. The van der Waals surface area contributed by atoms with Crippen molar-refractivity contribution in [3.05, 3.63) is 64.9 Å². The predicted octanol–water partition coefficient (Wildman–Crippen LogP) is 3.13. The van der Waals surface area contributed by atoms with Gasteiger partial charge in [0.25, 0.3) is 5.91 Å². The fourth-order valence-electron chi connectivity index (χ4n) is 2.66. The number of carbonyl (C=O) groups excluding carboxylic acids is 2. The van der Waals surface area contributed by atoms with Crippen molar-refractivity contribution in [2.45, 2.75) is 31.3 Å². The summed E-state index contributed by atoms with van der Waals surface area (Å²) < 4.78 is 18.9. The molecule has 7 heteroatoms. The molecule has 0 aliphatic heterocycles. The van der Waals surface area contributed by atoms with Crippen LogP contribution in [0.2, 0.25) is 5.02 Å². The number of rotatable bonds is 5. The van der Waals surface area contributed by atoms with E-state index in [1.807, 2.05) is 0 Å². The molecule has 0 aromatic heterocycles. The van der Waals surface area contributed by atoms with Crippen LogP contribution in [0.4, 0.5) is 4.39 Å². The SMILES string of the molecule is CC(Oc1ccccc1F)C(=O)NNC(=O)C1(c2ccc(Cl)cc2)CC1. The number of hydrazine groups is 1. The third-order valence-corrected chi connectivity index (χ3v) is 4.64. The van der Waals surface area contributed by atoms with Crippen molar-refractivity contribution in [2.24, 2.45) is 0 Å². The highest BCUT2D eigenvalue weighted by atomic mass is 35.5. The van der Waals surface area contributed by atoms with E-state index in [1.165, 1.54) is 25.1 Å². The smallest absolute Gasteiger partial charge is 0.279 e. The van der Waals surface area contributed by atoms with Crippen LogP contribution in [-0.2, 0) is 15.0 Å². The highest BCUT2D eigenvalue weighted by molar-refractivity contribution is 6.30. The van der Waals surface area contributed by atoms with E-state index < -0.39 is 23.2 Å². The van der Waals surface area contributed by atoms with Crippen LogP contribution in [0.1, 0.15) is 25.3 Å². The van der Waals surface area contributed by atoms with Crippen LogP contribution in [-0.4, -0.2) is 17.9 Å². The third kappa shape index (κ3) is 3.80. The average Bonchev–Trinajstić information content (AvgIpc) is 3.43. The van der Waals surface area contributed by atoms with Gasteiger partial charge in [-0.1, -0.05) is 35.9 Å². The molecule has 0 spiro atoms. The van der Waals surface area contributed by atoms with E-state index in [0.717, 1.165) is 5.56 Å². The summed E-state index contributed by atoms with van der Waals surface area (Å²) in [6.07, 6.45) is 0.410. The van der Waals surface area contributed by atoms with Crippen molar-refractivity contribution in [3.63, 3.8) is 0 Å². The summed E-state index contributed by atoms with van der Waals surface area (Å²) >= 11 is 5.88. The number of para-hydroxylation sites is 1. The number of halogens is 2. The zero-order valence-corrected chi connectivity index (χ0v) is 14.8. The van der Waals surface area contributed by atoms with Gasteiger partial charge >= 0.3 is 0 Å². The van der Waals surface area contributed by atoms with Gasteiger partial charge in [0.1, 0.15) is 0 Å². The van der Waals surface area contributed by atoms with Gasteiger partial charge in [0.2, 0.25) is 5.91 Å². The van der Waals surface area contributed by atoms with Crippen molar-refractivity contribution >= 4 is 23.4 Å². The molecular formula is C19H18ClFN2O3. The van der Waals surface area contributed by atoms with Crippen LogP contribution in [0, 0.1) is 5.82 Å². The molecule has 5 nitrogen and oxygen atoms in total. The molecule has 2 N–H and O–H groups in total. The van der Waals surface area contributed by atoms with Crippen molar-refractivity contribution in [2.75, 3.05) is 0 Å². The molecule has 1 fully saturated rings. The minimum atomic E-state index is -0.974. The number of amides is 2. The first-order chi connectivity index (χ1) is 12.4. The third-order valence-electron chi connectivity index (χ3n) is 4.39. The normalized spacial score (nSPS) is 15.7. The second-order valence-corrected chi connectivity index (χ2v) is 6.66. The topological polar surface area (TPSA) is 67.4 Å². The number of carbonyl (C=O) groups is 2. The van der Waals surface area contributed by atoms with Crippen LogP contribution in [0.15, 0.2) is 48.5 Å². The number of hydrogen-bond acceptors (Lipinski definition) is 3. The van der Waals surface area contributed by atoms with Gasteiger partial charge in [0.05, 0.1) is 5.41 Å². The van der Waals surface area contributed by atoms with E-state index in [1.54, 1.807) is 30.3 Å². The molecular weight excluding hydrogens is 359 g/mol. The van der Waals surface area contributed by atoms with E-state index in [9.17, 15) is 14.0 Å². The van der Waals surface area contributed by atoms with Crippen molar-refractivity contribution in [1.82, 2.24) is 10.9 Å². The van der Waals surface area contributed by atoms with E-state index >= 15 is 0 Å². The van der Waals surface area contributed by atoms with Crippen LogP contribution in [0.3, 0.4) is 0 Å². The highest BCUT2D eigenvalue weighted by Gasteiger charge is 2.51. The molecule has 1 aliphatic rings. The summed E-state index contributed by atoms with van der Waals surface area (Å²) in [6.45, 7) is 1.47. The molecule has 2 aromatic rings. The van der Waals surface area contributed by atoms with Gasteiger partial charge in [-0.25, -0.2) is 4.39 Å². The van der Waals surface area contributed by atoms with Gasteiger partial charge < -0.3 is 4.74 Å². The molecule has 1 unspecified atom stereocenters. The van der Waals surface area contributed by atoms with Gasteiger partial charge in [-0.2, -0.15) is 0 Å². The van der Waals surface area contributed by atoms with Gasteiger partial charge in [0.15, 0.2) is 17.7 Å². The highest BCUT2D eigenvalue weighted by Crippen LogP contribution is 2.48. The van der Waals surface area contributed by atoms with Crippen molar-refractivity contribution in [1.29, 1.82) is 0 Å². The lowest BCUT2D eigenvalue weighted by molar-refractivity contribution is -0.133. The summed E-state index contributed by atoms with van der Waals surface area (Å²) in [7, 11) is 0. The first-order valence-electron chi connectivity index (χ1n) is 8.20. The molecule has 1 aliphatic carbocycles. The molecule has 0 radical (unpaired) electrons. The zero-order chi connectivity index (χ0) is 18.7. The minimum Gasteiger partial charge on any atom is -0.478 e. The second-order valence-electron chi connectivity index (χ2n) is 6.22. The van der Waals surface area contributed by atoms with Crippen molar-refractivity contribution in [3.8, 4) is 5.75 Å². The maximum atomic E-state index is 13.6. The maximum absolute atomic E-state index is 13.6. The summed E-state index contributed by atoms with van der Waals surface area (Å²) in [5.41, 5.74) is 4.98. The lowest BCUT2D eigenvalue weighted by atomic mass is 9.95. The van der Waals surface area contributed by atoms with Crippen LogP contribution in [0.25, 0.3) is 0 Å². The Hall–Kier alpha value is -2.60. The minimum absolute atomic E-state index is 0.0266. The fourth-order valence-corrected chi connectivity index (χ4v) is 2.79. The molecule has 136 valence electrons. The Morgan fingerprint density at radius 1 is 1.12 bits per heavy atom. The van der Waals surface area contributed by atoms with Gasteiger partial charge in [-0.3, -0.25) is 20.4 Å². The summed E-state index contributed by atoms with van der Waals surface area (Å²) in [4.78, 5) is 24.6. The Morgan fingerprint density at radius 2 is 1.77 bits per heavy atom. The van der Waals surface area contributed by atoms with Crippen molar-refractivity contribution < 1.29 is 18.7 Å². The van der Waals surface area contributed by atoms with Gasteiger partial charge in [-0.05, 0) is 49.6 Å². The zero-order valence-electron chi connectivity index (χ0n) is 14.1. The Morgan fingerprint density at radius 3 is 2.38 bits per heavy atom. The fraction of sp³-hybridized carbons (Fsp3) is 0.263. The first-order valence-corrected chi connectivity index (χ1v) is 8.58. The molecule has 1 atom stereocenters. The standard InChI is InChI=1S/C19H18ClFN2O3/c1-12(26-16-5-3-2-4-15(16)21)17(24)22-23-18(25)19(10-11-19)13-6-8-14(20)9-7-13/h2-9,12H,10-11H2,1H3,(H,22,24)(H,23,25). The van der Waals surface area contributed by atoms with E-state index in [4.69, 9.17) is 16.3 Å². The molecule has 2 amide bonds. The Bertz CT molecular complexity index is 822. The van der Waals surface area contributed by atoms with E-state index in [-0.39, 0.29) is 11.7 Å². The molecule has 0 heterocycles. The molecule has 0 bridgehead atoms. The van der Waals surface area contributed by atoms with E-state index in [2.05, 4.69) is 10.9 Å².